The largest absolute Gasteiger partial charge is 0.349 e. The highest BCUT2D eigenvalue weighted by Gasteiger charge is 2.30. The first kappa shape index (κ1) is 17.6. The van der Waals surface area contributed by atoms with Crippen LogP contribution < -0.4 is 5.32 Å². The molecule has 134 valence electrons. The van der Waals surface area contributed by atoms with Crippen LogP contribution in [0.2, 0.25) is 0 Å². The van der Waals surface area contributed by atoms with E-state index in [0.717, 1.165) is 27.4 Å². The average Bonchev–Trinajstić information content (AvgIpc) is 2.71. The summed E-state index contributed by atoms with van der Waals surface area (Å²) >= 11 is 1.74. The van der Waals surface area contributed by atoms with E-state index in [1.54, 1.807) is 11.8 Å². The monoisotopic (exact) mass is 371 g/mol. The second kappa shape index (κ2) is 7.85. The van der Waals surface area contributed by atoms with Gasteiger partial charge < -0.3 is 5.32 Å². The molecule has 3 aromatic carbocycles. The van der Waals surface area contributed by atoms with E-state index in [9.17, 15) is 4.79 Å². The van der Waals surface area contributed by atoms with Crippen LogP contribution in [-0.2, 0) is 4.79 Å². The van der Waals surface area contributed by atoms with Crippen LogP contribution in [0.1, 0.15) is 28.4 Å². The molecule has 1 N–H and O–H groups in total. The molecular weight excluding hydrogens is 350 g/mol. The Labute approximate surface area is 164 Å². The molecule has 1 aliphatic heterocycles. The maximum atomic E-state index is 13.2. The van der Waals surface area contributed by atoms with Crippen LogP contribution in [0.15, 0.2) is 90.0 Å². The summed E-state index contributed by atoms with van der Waals surface area (Å²) in [6, 6.07) is 28.4. The highest BCUT2D eigenvalue weighted by Crippen LogP contribution is 2.46. The molecule has 1 aliphatic rings. The van der Waals surface area contributed by atoms with Gasteiger partial charge in [-0.15, -0.1) is 0 Å². The van der Waals surface area contributed by atoms with Crippen molar-refractivity contribution in [3.05, 3.63) is 107 Å². The van der Waals surface area contributed by atoms with Gasteiger partial charge in [0.05, 0.1) is 10.6 Å². The molecule has 0 fully saturated rings. The molecule has 27 heavy (non-hydrogen) atoms. The molecule has 0 saturated carbocycles. The average molecular weight is 372 g/mol. The van der Waals surface area contributed by atoms with E-state index in [1.807, 2.05) is 60.7 Å². The fourth-order valence-electron chi connectivity index (χ4n) is 3.32. The summed E-state index contributed by atoms with van der Waals surface area (Å²) in [5.74, 6) is 0.185. The van der Waals surface area contributed by atoms with Crippen LogP contribution in [0.5, 0.6) is 0 Å². The van der Waals surface area contributed by atoms with Crippen molar-refractivity contribution in [2.45, 2.75) is 18.6 Å². The molecule has 1 unspecified atom stereocenters. The number of carbonyl (C=O) groups excluding carboxylic acids is 1. The zero-order valence-electron chi connectivity index (χ0n) is 15.2. The third kappa shape index (κ3) is 3.83. The molecule has 1 atom stereocenters. The van der Waals surface area contributed by atoms with Gasteiger partial charge in [0.1, 0.15) is 0 Å². The number of hydrogen-bond acceptors (Lipinski definition) is 3. The van der Waals surface area contributed by atoms with E-state index in [1.165, 1.54) is 5.56 Å². The molecular formula is C24H21NOS. The summed E-state index contributed by atoms with van der Waals surface area (Å²) in [6.45, 7) is 2.08. The second-order valence-electron chi connectivity index (χ2n) is 6.65. The third-order valence-electron chi connectivity index (χ3n) is 4.76. The summed E-state index contributed by atoms with van der Waals surface area (Å²) in [4.78, 5) is 13.2. The van der Waals surface area contributed by atoms with Gasteiger partial charge in [-0.1, -0.05) is 90.6 Å². The van der Waals surface area contributed by atoms with Gasteiger partial charge in [-0.3, -0.25) is 4.79 Å². The first-order chi connectivity index (χ1) is 13.2. The molecule has 0 radical (unpaired) electrons. The Bertz CT molecular complexity index is 980. The first-order valence-corrected chi connectivity index (χ1v) is 9.97. The van der Waals surface area contributed by atoms with Gasteiger partial charge >= 0.3 is 0 Å². The maximum Gasteiger partial charge on any atom is 0.167 e. The Hall–Kier alpha value is -2.78. The summed E-state index contributed by atoms with van der Waals surface area (Å²) in [5.41, 5.74) is 5.14. The highest BCUT2D eigenvalue weighted by molar-refractivity contribution is 8.03. The number of anilines is 1. The lowest BCUT2D eigenvalue weighted by molar-refractivity contribution is -0.113. The Morgan fingerprint density at radius 3 is 2.19 bits per heavy atom. The van der Waals surface area contributed by atoms with E-state index in [0.29, 0.717) is 6.42 Å². The number of hydrogen-bond donors (Lipinski definition) is 1. The quantitative estimate of drug-likeness (QED) is 0.590. The predicted molar refractivity (Wildman–Crippen MR) is 115 cm³/mol. The van der Waals surface area contributed by atoms with Crippen molar-refractivity contribution in [2.24, 2.45) is 0 Å². The topological polar surface area (TPSA) is 29.1 Å². The molecule has 3 heteroatoms. The fourth-order valence-corrected chi connectivity index (χ4v) is 4.65. The van der Waals surface area contributed by atoms with Gasteiger partial charge in [0.2, 0.25) is 0 Å². The summed E-state index contributed by atoms with van der Waals surface area (Å²) in [5, 5.41) is 4.60. The smallest absolute Gasteiger partial charge is 0.167 e. The fraction of sp³-hybridized carbons (Fsp3) is 0.125. The molecule has 0 aliphatic carbocycles. The van der Waals surface area contributed by atoms with Gasteiger partial charge in [0.25, 0.3) is 0 Å². The third-order valence-corrected chi connectivity index (χ3v) is 6.03. The van der Waals surface area contributed by atoms with Crippen molar-refractivity contribution in [1.82, 2.24) is 0 Å². The Balaban J connectivity index is 1.77. The normalized spacial score (nSPS) is 17.1. The predicted octanol–water partition coefficient (Wildman–Crippen LogP) is 6.22. The van der Waals surface area contributed by atoms with E-state index >= 15 is 0 Å². The van der Waals surface area contributed by atoms with Crippen molar-refractivity contribution in [2.75, 3.05) is 5.32 Å². The zero-order chi connectivity index (χ0) is 18.6. The minimum Gasteiger partial charge on any atom is -0.349 e. The van der Waals surface area contributed by atoms with Crippen molar-refractivity contribution < 1.29 is 4.79 Å². The van der Waals surface area contributed by atoms with Crippen LogP contribution in [0.3, 0.4) is 0 Å². The summed E-state index contributed by atoms with van der Waals surface area (Å²) in [7, 11) is 0. The zero-order valence-corrected chi connectivity index (χ0v) is 16.0. The summed E-state index contributed by atoms with van der Waals surface area (Å²) < 4.78 is 0. The van der Waals surface area contributed by atoms with Crippen molar-refractivity contribution in [3.63, 3.8) is 0 Å². The van der Waals surface area contributed by atoms with Crippen LogP contribution in [-0.4, -0.2) is 5.78 Å². The van der Waals surface area contributed by atoms with Gasteiger partial charge in [0, 0.05) is 17.4 Å². The van der Waals surface area contributed by atoms with Crippen molar-refractivity contribution in [1.29, 1.82) is 0 Å². The lowest BCUT2D eigenvalue weighted by Gasteiger charge is -2.27. The van der Waals surface area contributed by atoms with Crippen LogP contribution in [0.25, 0.3) is 5.57 Å². The number of benzene rings is 3. The minimum atomic E-state index is 0.123. The number of thioether (sulfide) groups is 1. The number of nitrogens with one attached hydrogen (secondary N) is 1. The number of rotatable bonds is 4. The maximum absolute atomic E-state index is 13.2. The summed E-state index contributed by atoms with van der Waals surface area (Å²) in [6.07, 6.45) is 0.512. The lowest BCUT2D eigenvalue weighted by atomic mass is 9.96. The van der Waals surface area contributed by atoms with E-state index in [4.69, 9.17) is 0 Å². The van der Waals surface area contributed by atoms with Crippen LogP contribution in [0, 0.1) is 6.92 Å². The van der Waals surface area contributed by atoms with Gasteiger partial charge in [-0.2, -0.15) is 0 Å². The molecule has 0 spiro atoms. The molecule has 2 nitrogen and oxygen atoms in total. The number of allylic oxidation sites excluding steroid dienone is 1. The molecule has 0 amide bonds. The number of Topliss-reactive ketones (excluding diaryl/α,β-unsaturated/α-hetero) is 1. The van der Waals surface area contributed by atoms with Crippen molar-refractivity contribution >= 4 is 28.8 Å². The van der Waals surface area contributed by atoms with Crippen molar-refractivity contribution in [3.8, 4) is 0 Å². The Morgan fingerprint density at radius 1 is 0.852 bits per heavy atom. The Kier molecular flexibility index (Phi) is 5.12. The van der Waals surface area contributed by atoms with Crippen LogP contribution in [0.4, 0.5) is 5.69 Å². The first-order valence-electron chi connectivity index (χ1n) is 9.09. The molecule has 0 saturated heterocycles. The Morgan fingerprint density at radius 2 is 1.48 bits per heavy atom. The van der Waals surface area contributed by atoms with Crippen LogP contribution >= 0.6 is 11.8 Å². The lowest BCUT2D eigenvalue weighted by Crippen LogP contribution is -2.17. The SMILES string of the molecule is Cc1ccccc1NC1=C(c2ccccc2)C(=O)CC(c2ccccc2)S1. The number of carbonyl (C=O) groups is 1. The van der Waals surface area contributed by atoms with Gasteiger partial charge in [-0.25, -0.2) is 0 Å². The van der Waals surface area contributed by atoms with Gasteiger partial charge in [0.15, 0.2) is 5.78 Å². The van der Waals surface area contributed by atoms with E-state index < -0.39 is 0 Å². The number of para-hydroxylation sites is 1. The molecule has 1 heterocycles. The molecule has 4 rings (SSSR count). The second-order valence-corrected chi connectivity index (χ2v) is 7.87. The van der Waals surface area contributed by atoms with E-state index in [-0.39, 0.29) is 11.0 Å². The van der Waals surface area contributed by atoms with Gasteiger partial charge in [-0.05, 0) is 29.7 Å². The highest BCUT2D eigenvalue weighted by atomic mass is 32.2. The standard InChI is InChI=1S/C24H21NOS/c1-17-10-8-9-15-20(17)25-24-23(19-13-6-3-7-14-19)21(26)16-22(27-24)18-11-4-2-5-12-18/h2-15,22,25H,16H2,1H3. The molecule has 0 aromatic heterocycles. The molecule has 3 aromatic rings. The minimum absolute atomic E-state index is 0.123. The number of ketones is 1. The molecule has 0 bridgehead atoms. The van der Waals surface area contributed by atoms with E-state index in [2.05, 4.69) is 36.5 Å². The number of aryl methyl sites for hydroxylation is 1.